The molecule has 0 spiro atoms. The van der Waals surface area contributed by atoms with Crippen LogP contribution < -0.4 is 5.32 Å². The average Bonchev–Trinajstić information content (AvgIpc) is 2.83. The number of rotatable bonds is 5. The van der Waals surface area contributed by atoms with Gasteiger partial charge in [0.15, 0.2) is 0 Å². The third kappa shape index (κ3) is 2.48. The zero-order valence-corrected chi connectivity index (χ0v) is 10.5. The monoisotopic (exact) mass is 251 g/mol. The summed E-state index contributed by atoms with van der Waals surface area (Å²) in [5.41, 5.74) is 2.99. The lowest BCUT2D eigenvalue weighted by Crippen LogP contribution is -2.11. The van der Waals surface area contributed by atoms with Crippen molar-refractivity contribution >= 4 is 22.7 Å². The summed E-state index contributed by atoms with van der Waals surface area (Å²) in [5, 5.41) is 6.79. The molecule has 3 nitrogen and oxygen atoms in total. The molecule has 0 aliphatic heterocycles. The molecule has 0 atom stereocenters. The van der Waals surface area contributed by atoms with Gasteiger partial charge in [0, 0.05) is 35.5 Å². The Labute approximate surface area is 103 Å². The third-order valence-corrected chi connectivity index (χ3v) is 4.38. The van der Waals surface area contributed by atoms with E-state index in [9.17, 15) is 0 Å². The maximum Gasteiger partial charge on any atom is 0.0959 e. The van der Waals surface area contributed by atoms with Crippen LogP contribution in [0.15, 0.2) is 17.1 Å². The Morgan fingerprint density at radius 3 is 3.00 bits per heavy atom. The van der Waals surface area contributed by atoms with Gasteiger partial charge in [-0.05, 0) is 12.8 Å². The molecule has 2 aromatic rings. The molecule has 1 fully saturated rings. The van der Waals surface area contributed by atoms with Crippen molar-refractivity contribution in [2.75, 3.05) is 0 Å². The van der Waals surface area contributed by atoms with Crippen molar-refractivity contribution in [1.82, 2.24) is 15.3 Å². The second-order valence-corrected chi connectivity index (χ2v) is 5.89. The highest BCUT2D eigenvalue weighted by atomic mass is 32.1. The zero-order valence-electron chi connectivity index (χ0n) is 8.85. The normalized spacial score (nSPS) is 15.5. The molecule has 0 aromatic carbocycles. The summed E-state index contributed by atoms with van der Waals surface area (Å²) in [6.45, 7) is 1.75. The maximum absolute atomic E-state index is 4.46. The summed E-state index contributed by atoms with van der Waals surface area (Å²) < 4.78 is 0. The quantitative estimate of drug-likeness (QED) is 0.888. The molecular formula is C11H13N3S2. The molecule has 1 aliphatic rings. The predicted molar refractivity (Wildman–Crippen MR) is 66.7 cm³/mol. The fraction of sp³-hybridized carbons (Fsp3) is 0.455. The average molecular weight is 251 g/mol. The van der Waals surface area contributed by atoms with Crippen molar-refractivity contribution in [2.45, 2.75) is 31.8 Å². The molecule has 0 unspecified atom stereocenters. The minimum absolute atomic E-state index is 0.775. The zero-order chi connectivity index (χ0) is 10.8. The van der Waals surface area contributed by atoms with E-state index in [0.29, 0.717) is 0 Å². The van der Waals surface area contributed by atoms with E-state index in [1.807, 2.05) is 23.0 Å². The van der Waals surface area contributed by atoms with Crippen LogP contribution in [0.1, 0.15) is 34.3 Å². The van der Waals surface area contributed by atoms with Crippen molar-refractivity contribution in [1.29, 1.82) is 0 Å². The highest BCUT2D eigenvalue weighted by Gasteiger charge is 2.26. The van der Waals surface area contributed by atoms with Gasteiger partial charge in [-0.1, -0.05) is 0 Å². The summed E-state index contributed by atoms with van der Waals surface area (Å²) in [5.74, 6) is 0.775. The fourth-order valence-corrected chi connectivity index (χ4v) is 3.18. The van der Waals surface area contributed by atoms with Crippen LogP contribution in [0.25, 0.3) is 0 Å². The Balaban J connectivity index is 1.50. The van der Waals surface area contributed by atoms with E-state index in [1.165, 1.54) is 22.7 Å². The molecule has 5 heteroatoms. The molecule has 0 saturated heterocycles. The Morgan fingerprint density at radius 2 is 2.25 bits per heavy atom. The highest BCUT2D eigenvalue weighted by molar-refractivity contribution is 7.11. The van der Waals surface area contributed by atoms with E-state index in [-0.39, 0.29) is 0 Å². The molecule has 0 amide bonds. The van der Waals surface area contributed by atoms with E-state index < -0.39 is 0 Å². The van der Waals surface area contributed by atoms with E-state index in [1.54, 1.807) is 11.3 Å². The van der Waals surface area contributed by atoms with Crippen LogP contribution in [0.5, 0.6) is 0 Å². The molecule has 3 rings (SSSR count). The smallest absolute Gasteiger partial charge is 0.0959 e. The molecular weight excluding hydrogens is 238 g/mol. The lowest BCUT2D eigenvalue weighted by Gasteiger charge is -1.98. The third-order valence-electron chi connectivity index (χ3n) is 2.59. The highest BCUT2D eigenvalue weighted by Crippen LogP contribution is 2.41. The molecule has 0 bridgehead atoms. The van der Waals surface area contributed by atoms with E-state index in [4.69, 9.17) is 0 Å². The van der Waals surface area contributed by atoms with Crippen molar-refractivity contribution < 1.29 is 0 Å². The summed E-state index contributed by atoms with van der Waals surface area (Å²) in [6, 6.07) is 0. The van der Waals surface area contributed by atoms with Gasteiger partial charge < -0.3 is 5.32 Å². The van der Waals surface area contributed by atoms with E-state index in [2.05, 4.69) is 20.7 Å². The van der Waals surface area contributed by atoms with E-state index in [0.717, 1.165) is 24.7 Å². The van der Waals surface area contributed by atoms with Crippen LogP contribution >= 0.6 is 22.7 Å². The topological polar surface area (TPSA) is 37.8 Å². The van der Waals surface area contributed by atoms with Crippen molar-refractivity contribution in [3.63, 3.8) is 0 Å². The number of hydrogen-bond donors (Lipinski definition) is 1. The molecule has 16 heavy (non-hydrogen) atoms. The van der Waals surface area contributed by atoms with Crippen molar-refractivity contribution in [3.8, 4) is 0 Å². The van der Waals surface area contributed by atoms with Crippen LogP contribution in [0.3, 0.4) is 0 Å². The molecule has 2 aromatic heterocycles. The van der Waals surface area contributed by atoms with Gasteiger partial charge in [0.2, 0.25) is 0 Å². The first-order valence-electron chi connectivity index (χ1n) is 5.44. The number of nitrogens with zero attached hydrogens (tertiary/aromatic N) is 2. The van der Waals surface area contributed by atoms with Gasteiger partial charge in [0.25, 0.3) is 0 Å². The lowest BCUT2D eigenvalue weighted by molar-refractivity contribution is 0.689. The standard InChI is InChI=1S/C11H13N3S2/c1-2-8(1)11-13-5-10(16-11)4-12-3-9-6-15-7-14-9/h5-8,12H,1-4H2. The van der Waals surface area contributed by atoms with Gasteiger partial charge >= 0.3 is 0 Å². The van der Waals surface area contributed by atoms with Gasteiger partial charge in [-0.25, -0.2) is 9.97 Å². The number of thiazole rings is 2. The van der Waals surface area contributed by atoms with Crippen LogP contribution in [0.4, 0.5) is 0 Å². The first kappa shape index (κ1) is 10.4. The Bertz CT molecular complexity index is 446. The molecule has 1 N–H and O–H groups in total. The molecule has 84 valence electrons. The maximum atomic E-state index is 4.46. The van der Waals surface area contributed by atoms with Crippen LogP contribution in [-0.4, -0.2) is 9.97 Å². The SMILES string of the molecule is c1nc(CNCc2cnc(C3CC3)s2)cs1. The van der Waals surface area contributed by atoms with Crippen molar-refractivity contribution in [3.05, 3.63) is 32.7 Å². The van der Waals surface area contributed by atoms with Crippen LogP contribution in [0, 0.1) is 0 Å². The summed E-state index contributed by atoms with van der Waals surface area (Å²) >= 11 is 3.49. The van der Waals surface area contributed by atoms with Crippen molar-refractivity contribution in [2.24, 2.45) is 0 Å². The summed E-state index contributed by atoms with van der Waals surface area (Å²) in [4.78, 5) is 10.0. The first-order valence-corrected chi connectivity index (χ1v) is 7.20. The minimum Gasteiger partial charge on any atom is -0.306 e. The van der Waals surface area contributed by atoms with Gasteiger partial charge in [-0.3, -0.25) is 0 Å². The number of nitrogens with one attached hydrogen (secondary N) is 1. The van der Waals surface area contributed by atoms with E-state index >= 15 is 0 Å². The molecule has 1 aliphatic carbocycles. The Kier molecular flexibility index (Phi) is 2.99. The summed E-state index contributed by atoms with van der Waals surface area (Å²) in [6.07, 6.45) is 4.67. The minimum atomic E-state index is 0.775. The second kappa shape index (κ2) is 4.61. The second-order valence-electron chi connectivity index (χ2n) is 4.02. The molecule has 1 saturated carbocycles. The Hall–Kier alpha value is -0.780. The summed E-state index contributed by atoms with van der Waals surface area (Å²) in [7, 11) is 0. The number of aromatic nitrogens is 2. The number of hydrogen-bond acceptors (Lipinski definition) is 5. The molecule has 2 heterocycles. The van der Waals surface area contributed by atoms with Gasteiger partial charge in [0.1, 0.15) is 0 Å². The van der Waals surface area contributed by atoms with Crippen LogP contribution in [0.2, 0.25) is 0 Å². The fourth-order valence-electron chi connectivity index (χ4n) is 1.56. The first-order chi connectivity index (χ1) is 7.92. The lowest BCUT2D eigenvalue weighted by atomic mass is 10.4. The molecule has 0 radical (unpaired) electrons. The van der Waals surface area contributed by atoms with Gasteiger partial charge in [-0.2, -0.15) is 0 Å². The predicted octanol–water partition coefficient (Wildman–Crippen LogP) is 2.77. The van der Waals surface area contributed by atoms with Crippen LogP contribution in [-0.2, 0) is 13.1 Å². The van der Waals surface area contributed by atoms with Gasteiger partial charge in [-0.15, -0.1) is 22.7 Å². The van der Waals surface area contributed by atoms with Gasteiger partial charge in [0.05, 0.1) is 16.2 Å². The largest absolute Gasteiger partial charge is 0.306 e. The Morgan fingerprint density at radius 1 is 1.31 bits per heavy atom.